The van der Waals surface area contributed by atoms with Gasteiger partial charge in [0.05, 0.1) is 23.3 Å². The van der Waals surface area contributed by atoms with Gasteiger partial charge in [-0.3, -0.25) is 23.6 Å². The number of amides is 1. The fourth-order valence-electron chi connectivity index (χ4n) is 4.19. The van der Waals surface area contributed by atoms with Gasteiger partial charge >= 0.3 is 11.1 Å². The summed E-state index contributed by atoms with van der Waals surface area (Å²) in [5, 5.41) is 7.27. The number of carbonyl (C=O) groups excluding carboxylic acids is 1. The van der Waals surface area contributed by atoms with Gasteiger partial charge in [0.25, 0.3) is 0 Å². The monoisotopic (exact) mass is 459 g/mol. The molecular weight excluding hydrogens is 430 g/mol. The zero-order valence-electron chi connectivity index (χ0n) is 20.0. The molecule has 1 N–H and O–H groups in total. The molecule has 0 aliphatic rings. The lowest BCUT2D eigenvalue weighted by atomic mass is 10.1. The number of nitrogens with zero attached hydrogens (tertiary/aromatic N) is 4. The zero-order chi connectivity index (χ0) is 24.4. The summed E-state index contributed by atoms with van der Waals surface area (Å²) >= 11 is 0. The van der Waals surface area contributed by atoms with E-state index in [-0.39, 0.29) is 18.9 Å². The first kappa shape index (κ1) is 23.2. The molecule has 0 saturated carbocycles. The van der Waals surface area contributed by atoms with E-state index >= 15 is 0 Å². The van der Waals surface area contributed by atoms with E-state index in [0.717, 1.165) is 28.1 Å². The third-order valence-electron chi connectivity index (χ3n) is 6.28. The molecule has 176 valence electrons. The highest BCUT2D eigenvalue weighted by Crippen LogP contribution is 2.14. The molecule has 4 rings (SSSR count). The van der Waals surface area contributed by atoms with Gasteiger partial charge in [-0.05, 0) is 38.5 Å². The number of para-hydroxylation sites is 2. The minimum Gasteiger partial charge on any atom is -0.352 e. The molecule has 0 atom stereocenters. The topological polar surface area (TPSA) is 90.9 Å². The second kappa shape index (κ2) is 9.51. The lowest BCUT2D eigenvalue weighted by molar-refractivity contribution is -0.121. The molecule has 0 bridgehead atoms. The van der Waals surface area contributed by atoms with Crippen molar-refractivity contribution >= 4 is 16.9 Å². The van der Waals surface area contributed by atoms with Crippen molar-refractivity contribution in [2.45, 2.75) is 46.8 Å². The molecule has 4 aromatic rings. The van der Waals surface area contributed by atoms with Crippen LogP contribution in [0.15, 0.2) is 58.1 Å². The first-order chi connectivity index (χ1) is 16.3. The fraction of sp³-hybridized carbons (Fsp3) is 0.308. The average Bonchev–Trinajstić information content (AvgIpc) is 3.07. The second-order valence-corrected chi connectivity index (χ2v) is 8.62. The number of benzene rings is 2. The van der Waals surface area contributed by atoms with Gasteiger partial charge in [0.15, 0.2) is 0 Å². The third kappa shape index (κ3) is 4.57. The molecule has 0 saturated heterocycles. The van der Waals surface area contributed by atoms with Crippen molar-refractivity contribution in [1.29, 1.82) is 0 Å². The number of aromatic nitrogens is 4. The summed E-state index contributed by atoms with van der Waals surface area (Å²) in [5.74, 6) is -0.192. The highest BCUT2D eigenvalue weighted by Gasteiger charge is 2.15. The van der Waals surface area contributed by atoms with Crippen LogP contribution in [0.3, 0.4) is 0 Å². The van der Waals surface area contributed by atoms with Gasteiger partial charge in [-0.15, -0.1) is 0 Å². The standard InChI is InChI=1S/C26H29N5O3/c1-17-9-11-20(12-10-17)16-31-23-8-6-5-7-22(23)30(25(33)26(31)34)14-13-24(32)27-15-21-18(2)28-29(4)19(21)3/h5-12H,13-16H2,1-4H3,(H,27,32). The van der Waals surface area contributed by atoms with Crippen molar-refractivity contribution in [3.05, 3.63) is 97.3 Å². The van der Waals surface area contributed by atoms with E-state index < -0.39 is 11.1 Å². The summed E-state index contributed by atoms with van der Waals surface area (Å²) in [5.41, 5.74) is 4.99. The summed E-state index contributed by atoms with van der Waals surface area (Å²) in [6.07, 6.45) is 0.0870. The van der Waals surface area contributed by atoms with Crippen molar-refractivity contribution in [3.8, 4) is 0 Å². The molecule has 2 aromatic carbocycles. The van der Waals surface area contributed by atoms with Crippen molar-refractivity contribution < 1.29 is 4.79 Å². The summed E-state index contributed by atoms with van der Waals surface area (Å²) < 4.78 is 4.70. The van der Waals surface area contributed by atoms with E-state index in [1.807, 2.05) is 76.3 Å². The lowest BCUT2D eigenvalue weighted by Gasteiger charge is -2.15. The Morgan fingerprint density at radius 2 is 1.53 bits per heavy atom. The van der Waals surface area contributed by atoms with Crippen LogP contribution in [0.4, 0.5) is 0 Å². The predicted molar refractivity (Wildman–Crippen MR) is 132 cm³/mol. The second-order valence-electron chi connectivity index (χ2n) is 8.62. The van der Waals surface area contributed by atoms with E-state index in [1.165, 1.54) is 9.13 Å². The summed E-state index contributed by atoms with van der Waals surface area (Å²) in [7, 11) is 1.87. The quantitative estimate of drug-likeness (QED) is 0.430. The fourth-order valence-corrected chi connectivity index (χ4v) is 4.19. The van der Waals surface area contributed by atoms with Crippen LogP contribution in [0.25, 0.3) is 11.0 Å². The molecule has 0 aliphatic heterocycles. The molecule has 8 nitrogen and oxygen atoms in total. The molecule has 34 heavy (non-hydrogen) atoms. The van der Waals surface area contributed by atoms with Crippen molar-refractivity contribution in [2.75, 3.05) is 0 Å². The molecule has 2 heterocycles. The van der Waals surface area contributed by atoms with E-state index in [4.69, 9.17) is 0 Å². The van der Waals surface area contributed by atoms with E-state index in [2.05, 4.69) is 10.4 Å². The van der Waals surface area contributed by atoms with Crippen LogP contribution in [0.5, 0.6) is 0 Å². The van der Waals surface area contributed by atoms with Gasteiger partial charge in [0.1, 0.15) is 0 Å². The van der Waals surface area contributed by atoms with Gasteiger partial charge in [0.2, 0.25) is 5.91 Å². The van der Waals surface area contributed by atoms with Crippen LogP contribution in [0, 0.1) is 20.8 Å². The maximum absolute atomic E-state index is 13.0. The Morgan fingerprint density at radius 1 is 0.912 bits per heavy atom. The number of aryl methyl sites for hydroxylation is 4. The molecule has 2 aromatic heterocycles. The smallest absolute Gasteiger partial charge is 0.317 e. The van der Waals surface area contributed by atoms with E-state index in [9.17, 15) is 14.4 Å². The van der Waals surface area contributed by atoms with Crippen LogP contribution < -0.4 is 16.4 Å². The first-order valence-electron chi connectivity index (χ1n) is 11.3. The maximum Gasteiger partial charge on any atom is 0.317 e. The maximum atomic E-state index is 13.0. The molecule has 0 aliphatic carbocycles. The van der Waals surface area contributed by atoms with Crippen LogP contribution in [-0.4, -0.2) is 24.8 Å². The van der Waals surface area contributed by atoms with Gasteiger partial charge in [-0.1, -0.05) is 42.0 Å². The van der Waals surface area contributed by atoms with Gasteiger partial charge in [-0.2, -0.15) is 5.10 Å². The summed E-state index contributed by atoms with van der Waals surface area (Å²) in [6, 6.07) is 15.2. The van der Waals surface area contributed by atoms with Crippen LogP contribution in [0.2, 0.25) is 0 Å². The van der Waals surface area contributed by atoms with Gasteiger partial charge in [-0.25, -0.2) is 0 Å². The number of hydrogen-bond donors (Lipinski definition) is 1. The van der Waals surface area contributed by atoms with E-state index in [0.29, 0.717) is 24.1 Å². The molecule has 0 fully saturated rings. The average molecular weight is 460 g/mol. The zero-order valence-corrected chi connectivity index (χ0v) is 20.0. The van der Waals surface area contributed by atoms with Gasteiger partial charge < -0.3 is 9.88 Å². The SMILES string of the molecule is Cc1ccc(Cn2c(=O)c(=O)n(CCC(=O)NCc3c(C)nn(C)c3C)c3ccccc32)cc1. The number of carbonyl (C=O) groups is 1. The molecular formula is C26H29N5O3. The summed E-state index contributed by atoms with van der Waals surface area (Å²) in [4.78, 5) is 38.6. The van der Waals surface area contributed by atoms with Crippen LogP contribution in [-0.2, 0) is 31.5 Å². The van der Waals surface area contributed by atoms with Crippen molar-refractivity contribution in [3.63, 3.8) is 0 Å². The minimum atomic E-state index is -0.627. The highest BCUT2D eigenvalue weighted by atomic mass is 16.2. The molecule has 0 radical (unpaired) electrons. The Kier molecular flexibility index (Phi) is 6.49. The molecule has 1 amide bonds. The highest BCUT2D eigenvalue weighted by molar-refractivity contribution is 5.77. The predicted octanol–water partition coefficient (Wildman–Crippen LogP) is 2.58. The number of hydrogen-bond acceptors (Lipinski definition) is 4. The Morgan fingerprint density at radius 3 is 2.15 bits per heavy atom. The van der Waals surface area contributed by atoms with E-state index in [1.54, 1.807) is 4.68 Å². The minimum absolute atomic E-state index is 0.0870. The van der Waals surface area contributed by atoms with Crippen molar-refractivity contribution in [1.82, 2.24) is 24.2 Å². The van der Waals surface area contributed by atoms with Gasteiger partial charge in [0, 0.05) is 37.8 Å². The largest absolute Gasteiger partial charge is 0.352 e. The van der Waals surface area contributed by atoms with Crippen LogP contribution >= 0.6 is 0 Å². The van der Waals surface area contributed by atoms with Crippen molar-refractivity contribution in [2.24, 2.45) is 7.05 Å². The number of nitrogens with one attached hydrogen (secondary N) is 1. The normalized spacial score (nSPS) is 11.2. The molecule has 0 spiro atoms. The first-order valence-corrected chi connectivity index (χ1v) is 11.3. The Labute approximate surface area is 197 Å². The Hall–Kier alpha value is -3.94. The Bertz CT molecular complexity index is 1480. The molecule has 0 unspecified atom stereocenters. The number of fused-ring (bicyclic) bond motifs is 1. The third-order valence-corrected chi connectivity index (χ3v) is 6.28. The lowest BCUT2D eigenvalue weighted by Crippen LogP contribution is -2.42. The Balaban J connectivity index is 1.56. The summed E-state index contributed by atoms with van der Waals surface area (Å²) in [6.45, 7) is 6.67. The molecule has 8 heteroatoms. The van der Waals surface area contributed by atoms with Crippen LogP contribution in [0.1, 0.15) is 34.5 Å². The number of rotatable bonds is 7.